The SMILES string of the molecule is b1occ2cc(Nc3nccc(NC4CCCC4)n3)ccc12. The first-order valence-corrected chi connectivity index (χ1v) is 7.69. The first-order valence-electron chi connectivity index (χ1n) is 7.69. The first kappa shape index (κ1) is 13.3. The van der Waals surface area contributed by atoms with Crippen LogP contribution >= 0.6 is 0 Å². The molecule has 0 unspecified atom stereocenters. The van der Waals surface area contributed by atoms with E-state index in [1.807, 2.05) is 24.3 Å². The number of aromatic nitrogens is 2. The first-order chi connectivity index (χ1) is 10.9. The van der Waals surface area contributed by atoms with E-state index < -0.39 is 0 Å². The van der Waals surface area contributed by atoms with Gasteiger partial charge in [0.05, 0.1) is 0 Å². The molecule has 5 nitrogen and oxygen atoms in total. The van der Waals surface area contributed by atoms with Crippen molar-refractivity contribution in [3.05, 3.63) is 36.7 Å². The molecule has 2 aromatic heterocycles. The molecule has 22 heavy (non-hydrogen) atoms. The normalized spacial score (nSPS) is 15.1. The standard InChI is InChI=1S/C16H17BN4O/c1-2-4-12(3-1)19-15-7-8-18-16(21-15)20-13-5-6-14-11(9-13)10-22-17-14/h5-10,12H,1-4H2,(H2,18,19,20,21). The van der Waals surface area contributed by atoms with Crippen molar-refractivity contribution in [2.24, 2.45) is 0 Å². The van der Waals surface area contributed by atoms with Gasteiger partial charge in [-0.1, -0.05) is 0 Å². The van der Waals surface area contributed by atoms with Crippen LogP contribution in [-0.2, 0) is 0 Å². The third kappa shape index (κ3) is 2.82. The number of fused-ring (bicyclic) bond motifs is 1. The van der Waals surface area contributed by atoms with Crippen LogP contribution in [-0.4, -0.2) is 23.1 Å². The number of nitrogens with zero attached hydrogens (tertiary/aromatic N) is 2. The summed E-state index contributed by atoms with van der Waals surface area (Å²) in [5.41, 5.74) is 0.951. The predicted octanol–water partition coefficient (Wildman–Crippen LogP) is 3.66. The summed E-state index contributed by atoms with van der Waals surface area (Å²) in [6.07, 6.45) is 8.58. The van der Waals surface area contributed by atoms with Crippen molar-refractivity contribution in [2.75, 3.05) is 10.6 Å². The van der Waals surface area contributed by atoms with Crippen molar-refractivity contribution in [3.63, 3.8) is 0 Å². The van der Waals surface area contributed by atoms with Gasteiger partial charge in [-0.2, -0.15) is 0 Å². The van der Waals surface area contributed by atoms with Crippen LogP contribution < -0.4 is 10.6 Å². The van der Waals surface area contributed by atoms with Gasteiger partial charge in [0.25, 0.3) is 0 Å². The Labute approximate surface area is 129 Å². The maximum atomic E-state index is 5.19. The van der Waals surface area contributed by atoms with Crippen molar-refractivity contribution in [2.45, 2.75) is 31.7 Å². The second-order valence-electron chi connectivity index (χ2n) is 5.73. The molecule has 0 spiro atoms. The summed E-state index contributed by atoms with van der Waals surface area (Å²) in [6.45, 7) is 0. The number of nitrogens with one attached hydrogen (secondary N) is 2. The fourth-order valence-electron chi connectivity index (χ4n) is 2.95. The van der Waals surface area contributed by atoms with Crippen LogP contribution in [0.4, 0.5) is 17.5 Å². The number of benzene rings is 1. The van der Waals surface area contributed by atoms with Crippen molar-refractivity contribution in [1.82, 2.24) is 9.97 Å². The number of rotatable bonds is 4. The summed E-state index contributed by atoms with van der Waals surface area (Å²) in [4.78, 5) is 8.83. The number of hydrogen-bond acceptors (Lipinski definition) is 5. The Morgan fingerprint density at radius 3 is 3.00 bits per heavy atom. The molecule has 2 heterocycles. The van der Waals surface area contributed by atoms with Gasteiger partial charge in [0.15, 0.2) is 0 Å². The zero-order valence-electron chi connectivity index (χ0n) is 12.2. The van der Waals surface area contributed by atoms with Crippen LogP contribution in [0.15, 0.2) is 41.1 Å². The van der Waals surface area contributed by atoms with Crippen LogP contribution in [0.3, 0.4) is 0 Å². The van der Waals surface area contributed by atoms with Crippen molar-refractivity contribution < 1.29 is 4.33 Å². The topological polar surface area (TPSA) is 63.0 Å². The molecule has 4 rings (SSSR count). The Balaban J connectivity index is 1.51. The molecule has 1 saturated carbocycles. The third-order valence-electron chi connectivity index (χ3n) is 4.10. The molecule has 1 fully saturated rings. The predicted molar refractivity (Wildman–Crippen MR) is 88.8 cm³/mol. The van der Waals surface area contributed by atoms with Gasteiger partial charge in [-0.25, -0.2) is 0 Å². The number of hydrogen-bond donors (Lipinski definition) is 2. The van der Waals surface area contributed by atoms with Crippen LogP contribution in [0.1, 0.15) is 25.7 Å². The van der Waals surface area contributed by atoms with Gasteiger partial charge in [-0.05, 0) is 0 Å². The average molecular weight is 292 g/mol. The summed E-state index contributed by atoms with van der Waals surface area (Å²) in [6, 6.07) is 8.51. The monoisotopic (exact) mass is 292 g/mol. The molecular weight excluding hydrogens is 275 g/mol. The summed E-state index contributed by atoms with van der Waals surface area (Å²) in [7, 11) is 1.74. The van der Waals surface area contributed by atoms with Crippen LogP contribution in [0.2, 0.25) is 0 Å². The van der Waals surface area contributed by atoms with Gasteiger partial charge in [-0.3, -0.25) is 0 Å². The van der Waals surface area contributed by atoms with E-state index in [0.717, 1.165) is 22.2 Å². The zero-order chi connectivity index (χ0) is 14.8. The Kier molecular flexibility index (Phi) is 3.50. The summed E-state index contributed by atoms with van der Waals surface area (Å²) in [5.74, 6) is 1.49. The van der Waals surface area contributed by atoms with Gasteiger partial charge in [0.1, 0.15) is 0 Å². The van der Waals surface area contributed by atoms with Gasteiger partial charge in [-0.15, -0.1) is 0 Å². The Hall–Kier alpha value is -2.37. The quantitative estimate of drug-likeness (QED) is 0.768. The maximum absolute atomic E-state index is 5.19. The Morgan fingerprint density at radius 2 is 2.09 bits per heavy atom. The van der Waals surface area contributed by atoms with Gasteiger partial charge in [0, 0.05) is 0 Å². The fourth-order valence-corrected chi connectivity index (χ4v) is 2.95. The van der Waals surface area contributed by atoms with E-state index in [1.54, 1.807) is 19.6 Å². The molecule has 0 atom stereocenters. The number of anilines is 3. The minimum absolute atomic E-state index is 0.546. The van der Waals surface area contributed by atoms with E-state index in [9.17, 15) is 0 Å². The molecule has 110 valence electrons. The Morgan fingerprint density at radius 1 is 1.18 bits per heavy atom. The van der Waals surface area contributed by atoms with Crippen LogP contribution in [0, 0.1) is 0 Å². The van der Waals surface area contributed by atoms with E-state index in [4.69, 9.17) is 4.33 Å². The molecule has 1 aliphatic rings. The molecule has 0 amide bonds. The van der Waals surface area contributed by atoms with E-state index in [1.165, 1.54) is 25.7 Å². The van der Waals surface area contributed by atoms with E-state index in [0.29, 0.717) is 12.0 Å². The Bertz CT molecular complexity index is 782. The summed E-state index contributed by atoms with van der Waals surface area (Å²) >= 11 is 0. The van der Waals surface area contributed by atoms with E-state index in [-0.39, 0.29) is 0 Å². The molecule has 3 aromatic rings. The zero-order valence-corrected chi connectivity index (χ0v) is 12.2. The van der Waals surface area contributed by atoms with Crippen LogP contribution in [0.25, 0.3) is 10.7 Å². The van der Waals surface area contributed by atoms with Crippen molar-refractivity contribution in [1.29, 1.82) is 0 Å². The van der Waals surface area contributed by atoms with Gasteiger partial charge in [0.2, 0.25) is 0 Å². The molecule has 1 aliphatic carbocycles. The van der Waals surface area contributed by atoms with Crippen molar-refractivity contribution >= 4 is 35.2 Å². The molecule has 2 N–H and O–H groups in total. The second kappa shape index (κ2) is 5.79. The molecule has 0 saturated heterocycles. The summed E-state index contributed by atoms with van der Waals surface area (Å²) < 4.78 is 5.19. The minimum atomic E-state index is 0.546. The molecule has 0 aliphatic heterocycles. The molecule has 0 bridgehead atoms. The van der Waals surface area contributed by atoms with Crippen LogP contribution in [0.5, 0.6) is 0 Å². The second-order valence-corrected chi connectivity index (χ2v) is 5.73. The molecule has 6 heteroatoms. The third-order valence-corrected chi connectivity index (χ3v) is 4.10. The average Bonchev–Trinajstić information content (AvgIpc) is 3.18. The molecular formula is C16H17BN4O. The van der Waals surface area contributed by atoms with E-state index >= 15 is 0 Å². The molecule has 0 radical (unpaired) electrons. The fraction of sp³-hybridized carbons (Fsp3) is 0.312. The van der Waals surface area contributed by atoms with Crippen molar-refractivity contribution in [3.8, 4) is 0 Å². The summed E-state index contributed by atoms with van der Waals surface area (Å²) in [5, 5.41) is 8.88. The van der Waals surface area contributed by atoms with E-state index in [2.05, 4.69) is 20.6 Å². The van der Waals surface area contributed by atoms with Gasteiger partial charge < -0.3 is 0 Å². The molecule has 1 aromatic carbocycles. The van der Waals surface area contributed by atoms with Gasteiger partial charge >= 0.3 is 129 Å².